The summed E-state index contributed by atoms with van der Waals surface area (Å²) in [5, 5.41) is 2.17. The van der Waals surface area contributed by atoms with Gasteiger partial charge in [-0.3, -0.25) is 0 Å². The van der Waals surface area contributed by atoms with Crippen LogP contribution in [0.1, 0.15) is 13.3 Å². The minimum absolute atomic E-state index is 0.838. The van der Waals surface area contributed by atoms with Crippen LogP contribution in [0.3, 0.4) is 0 Å². The fraction of sp³-hybridized carbons (Fsp3) is 0.211. The largest absolute Gasteiger partial charge is 0.496 e. The Bertz CT molecular complexity index is 884. The molecule has 3 rings (SSSR count). The van der Waals surface area contributed by atoms with Gasteiger partial charge in [0.15, 0.2) is 4.80 Å². The molecule has 3 aromatic rings. The van der Waals surface area contributed by atoms with Gasteiger partial charge in [-0.2, -0.15) is 0 Å². The number of hydrogen-bond acceptors (Lipinski definition) is 3. The summed E-state index contributed by atoms with van der Waals surface area (Å²) >= 11 is 5.25. The average Bonchev–Trinajstić information content (AvgIpc) is 2.99. The van der Waals surface area contributed by atoms with Gasteiger partial charge in [0.25, 0.3) is 0 Å². The van der Waals surface area contributed by atoms with Crippen LogP contribution in [0.5, 0.6) is 5.75 Å². The highest BCUT2D eigenvalue weighted by Gasteiger charge is 2.10. The number of thiazole rings is 1. The normalized spacial score (nSPS) is 11.7. The molecule has 1 aromatic heterocycles. The van der Waals surface area contributed by atoms with Gasteiger partial charge >= 0.3 is 0 Å². The molecule has 0 aliphatic carbocycles. The van der Waals surface area contributed by atoms with E-state index >= 15 is 0 Å². The number of benzene rings is 2. The van der Waals surface area contributed by atoms with Gasteiger partial charge in [-0.1, -0.05) is 25.1 Å². The van der Waals surface area contributed by atoms with Crippen molar-refractivity contribution in [1.82, 2.24) is 4.57 Å². The molecule has 0 aliphatic heterocycles. The highest BCUT2D eigenvalue weighted by Crippen LogP contribution is 2.31. The van der Waals surface area contributed by atoms with Gasteiger partial charge in [0.2, 0.25) is 0 Å². The first-order chi connectivity index (χ1) is 11.7. The van der Waals surface area contributed by atoms with Crippen molar-refractivity contribution >= 4 is 33.0 Å². The molecule has 24 heavy (non-hydrogen) atoms. The van der Waals surface area contributed by atoms with Gasteiger partial charge in [0.1, 0.15) is 5.75 Å². The van der Waals surface area contributed by atoms with E-state index < -0.39 is 0 Å². The van der Waals surface area contributed by atoms with E-state index in [0.29, 0.717) is 0 Å². The number of para-hydroxylation sites is 1. The Hall–Kier alpha value is -1.85. The molecule has 0 unspecified atom stereocenters. The lowest BCUT2D eigenvalue weighted by atomic mass is 10.1. The maximum absolute atomic E-state index is 5.33. The highest BCUT2D eigenvalue weighted by atomic mass is 79.9. The van der Waals surface area contributed by atoms with E-state index in [-0.39, 0.29) is 0 Å². The molecule has 0 spiro atoms. The molecule has 0 radical (unpaired) electrons. The molecular formula is C19H19BrN2OS. The summed E-state index contributed by atoms with van der Waals surface area (Å²) < 4.78 is 8.57. The van der Waals surface area contributed by atoms with Crippen LogP contribution in [0.2, 0.25) is 0 Å². The predicted molar refractivity (Wildman–Crippen MR) is 104 cm³/mol. The molecule has 0 N–H and O–H groups in total. The van der Waals surface area contributed by atoms with Gasteiger partial charge in [-0.15, -0.1) is 11.3 Å². The maximum atomic E-state index is 5.33. The molecular weight excluding hydrogens is 384 g/mol. The first-order valence-corrected chi connectivity index (χ1v) is 9.52. The monoisotopic (exact) mass is 402 g/mol. The Morgan fingerprint density at radius 1 is 1.17 bits per heavy atom. The predicted octanol–water partition coefficient (Wildman–Crippen LogP) is 5.63. The van der Waals surface area contributed by atoms with Crippen molar-refractivity contribution in [1.29, 1.82) is 0 Å². The second-order valence-corrected chi connectivity index (χ2v) is 7.04. The fourth-order valence-electron chi connectivity index (χ4n) is 2.53. The van der Waals surface area contributed by atoms with Crippen molar-refractivity contribution in [3.8, 4) is 17.0 Å². The molecule has 0 bridgehead atoms. The van der Waals surface area contributed by atoms with Crippen LogP contribution in [-0.2, 0) is 6.54 Å². The number of methoxy groups -OCH3 is 1. The molecule has 0 atom stereocenters. The van der Waals surface area contributed by atoms with Crippen molar-refractivity contribution in [2.45, 2.75) is 19.9 Å². The lowest BCUT2D eigenvalue weighted by molar-refractivity contribution is 0.412. The lowest BCUT2D eigenvalue weighted by Gasteiger charge is -2.10. The smallest absolute Gasteiger partial charge is 0.190 e. The number of halogens is 1. The van der Waals surface area contributed by atoms with Crippen LogP contribution >= 0.6 is 27.3 Å². The van der Waals surface area contributed by atoms with Crippen LogP contribution in [-0.4, -0.2) is 11.7 Å². The number of aromatic nitrogens is 1. The number of ether oxygens (including phenoxy) is 1. The minimum Gasteiger partial charge on any atom is -0.496 e. The topological polar surface area (TPSA) is 26.5 Å². The Labute approximate surface area is 154 Å². The Morgan fingerprint density at radius 3 is 2.62 bits per heavy atom. The Morgan fingerprint density at radius 2 is 1.96 bits per heavy atom. The van der Waals surface area contributed by atoms with Crippen molar-refractivity contribution in [3.63, 3.8) is 0 Å². The van der Waals surface area contributed by atoms with E-state index in [0.717, 1.165) is 39.2 Å². The zero-order valence-corrected chi connectivity index (χ0v) is 16.1. The summed E-state index contributed by atoms with van der Waals surface area (Å²) in [5.41, 5.74) is 3.31. The number of nitrogens with zero attached hydrogens (tertiary/aromatic N) is 2. The maximum Gasteiger partial charge on any atom is 0.190 e. The van der Waals surface area contributed by atoms with Crippen LogP contribution in [0.25, 0.3) is 11.3 Å². The van der Waals surface area contributed by atoms with Gasteiger partial charge < -0.3 is 9.30 Å². The summed E-state index contributed by atoms with van der Waals surface area (Å²) in [7, 11) is 1.68. The zero-order chi connectivity index (χ0) is 16.9. The molecule has 0 amide bonds. The van der Waals surface area contributed by atoms with Gasteiger partial charge in [0.05, 0.1) is 23.0 Å². The second-order valence-electron chi connectivity index (χ2n) is 5.35. The Balaban J connectivity index is 2.09. The number of hydrogen-bond donors (Lipinski definition) is 0. The third-order valence-corrected chi connectivity index (χ3v) is 5.16. The molecule has 0 saturated carbocycles. The molecule has 5 heteroatoms. The molecule has 3 nitrogen and oxygen atoms in total. The standard InChI is InChI=1S/C19H19BrN2OS/c1-3-11-22-17(14-9-10-18(23-2)16(20)12-14)13-24-19(22)21-15-7-5-4-6-8-15/h4-10,12-13H,3,11H2,1-2H3. The zero-order valence-electron chi connectivity index (χ0n) is 13.7. The molecule has 0 aliphatic rings. The van der Waals surface area contributed by atoms with Crippen LogP contribution in [0.4, 0.5) is 5.69 Å². The highest BCUT2D eigenvalue weighted by molar-refractivity contribution is 9.10. The third kappa shape index (κ3) is 3.62. The van der Waals surface area contributed by atoms with Gasteiger partial charge in [0, 0.05) is 17.5 Å². The SMILES string of the molecule is CCCn1c(-c2ccc(OC)c(Br)c2)csc1=Nc1ccccc1. The fourth-order valence-corrected chi connectivity index (χ4v) is 4.02. The van der Waals surface area contributed by atoms with E-state index in [1.165, 1.54) is 5.69 Å². The van der Waals surface area contributed by atoms with E-state index in [9.17, 15) is 0 Å². The third-order valence-electron chi connectivity index (χ3n) is 3.67. The van der Waals surface area contributed by atoms with Crippen molar-refractivity contribution in [2.24, 2.45) is 4.99 Å². The molecule has 1 heterocycles. The molecule has 124 valence electrons. The second kappa shape index (κ2) is 7.81. The first-order valence-electron chi connectivity index (χ1n) is 7.85. The summed E-state index contributed by atoms with van der Waals surface area (Å²) in [5.74, 6) is 0.838. The van der Waals surface area contributed by atoms with Crippen LogP contribution in [0.15, 0.2) is 63.4 Å². The summed E-state index contributed by atoms with van der Waals surface area (Å²) in [6.07, 6.45) is 1.06. The quantitative estimate of drug-likeness (QED) is 0.542. The van der Waals surface area contributed by atoms with Crippen molar-refractivity contribution in [3.05, 3.63) is 63.2 Å². The van der Waals surface area contributed by atoms with E-state index in [4.69, 9.17) is 9.73 Å². The number of rotatable bonds is 5. The average molecular weight is 403 g/mol. The van der Waals surface area contributed by atoms with Gasteiger partial charge in [-0.05, 0) is 52.7 Å². The van der Waals surface area contributed by atoms with Crippen molar-refractivity contribution in [2.75, 3.05) is 7.11 Å². The Kier molecular flexibility index (Phi) is 5.53. The molecule has 2 aromatic carbocycles. The van der Waals surface area contributed by atoms with Gasteiger partial charge in [-0.25, -0.2) is 4.99 Å². The van der Waals surface area contributed by atoms with E-state index in [2.05, 4.69) is 44.9 Å². The van der Waals surface area contributed by atoms with Crippen LogP contribution < -0.4 is 9.54 Å². The summed E-state index contributed by atoms with van der Waals surface area (Å²) in [6, 6.07) is 16.3. The lowest BCUT2D eigenvalue weighted by Crippen LogP contribution is -2.15. The van der Waals surface area contributed by atoms with E-state index in [1.54, 1.807) is 18.4 Å². The molecule has 0 fully saturated rings. The summed E-state index contributed by atoms with van der Waals surface area (Å²) in [4.78, 5) is 5.83. The van der Waals surface area contributed by atoms with Crippen molar-refractivity contribution < 1.29 is 4.74 Å². The molecule has 0 saturated heterocycles. The van der Waals surface area contributed by atoms with Crippen LogP contribution in [0, 0.1) is 0 Å². The minimum atomic E-state index is 0.838. The first kappa shape index (κ1) is 17.0. The summed E-state index contributed by atoms with van der Waals surface area (Å²) in [6.45, 7) is 3.12. The van der Waals surface area contributed by atoms with E-state index in [1.807, 2.05) is 36.4 Å².